The van der Waals surface area contributed by atoms with Gasteiger partial charge in [-0.15, -0.1) is 11.3 Å². The molecule has 1 atom stereocenters. The highest BCUT2D eigenvalue weighted by Crippen LogP contribution is 2.23. The Bertz CT molecular complexity index is 789. The average Bonchev–Trinajstić information content (AvgIpc) is 3.19. The van der Waals surface area contributed by atoms with Crippen LogP contribution in [0.15, 0.2) is 30.5 Å². The lowest BCUT2D eigenvalue weighted by molar-refractivity contribution is 0.0224. The average molecular weight is 404 g/mol. The molecule has 0 saturated carbocycles. The van der Waals surface area contributed by atoms with E-state index < -0.39 is 0 Å². The fraction of sp³-hybridized carbons (Fsp3) is 0.524. The highest BCUT2D eigenvalue weighted by molar-refractivity contribution is 7.13. The molecule has 5 nitrogen and oxygen atoms in total. The molecule has 1 unspecified atom stereocenters. The molecule has 1 aromatic heterocycles. The van der Waals surface area contributed by atoms with Crippen LogP contribution in [0, 0.1) is 11.7 Å². The fourth-order valence-electron chi connectivity index (χ4n) is 3.97. The molecule has 0 spiro atoms. The standard InChI is InChI=1S/C21H26FN3O2S/c22-18-5-3-16(4-6-18)12-20-23-13-19(28-20)21(26)25-7-1-2-17(15-25)14-24-8-10-27-11-9-24/h3-6,13,17H,1-2,7-12,14-15H2. The summed E-state index contributed by atoms with van der Waals surface area (Å²) in [5.74, 6) is 0.382. The largest absolute Gasteiger partial charge is 0.379 e. The number of carbonyl (C=O) groups excluding carboxylic acids is 1. The first-order valence-corrected chi connectivity index (χ1v) is 10.8. The third kappa shape index (κ3) is 4.96. The van der Waals surface area contributed by atoms with Gasteiger partial charge < -0.3 is 9.64 Å². The quantitative estimate of drug-likeness (QED) is 0.770. The molecule has 0 N–H and O–H groups in total. The first-order chi connectivity index (χ1) is 13.7. The van der Waals surface area contributed by atoms with Crippen molar-refractivity contribution in [3.63, 3.8) is 0 Å². The van der Waals surface area contributed by atoms with E-state index in [-0.39, 0.29) is 11.7 Å². The van der Waals surface area contributed by atoms with Crippen LogP contribution in [-0.2, 0) is 11.2 Å². The van der Waals surface area contributed by atoms with E-state index >= 15 is 0 Å². The summed E-state index contributed by atoms with van der Waals surface area (Å²) in [7, 11) is 0. The van der Waals surface area contributed by atoms with Gasteiger partial charge in [-0.2, -0.15) is 0 Å². The van der Waals surface area contributed by atoms with E-state index in [0.717, 1.165) is 62.9 Å². The summed E-state index contributed by atoms with van der Waals surface area (Å²) in [6.07, 6.45) is 4.55. The van der Waals surface area contributed by atoms with E-state index in [9.17, 15) is 9.18 Å². The molecule has 2 saturated heterocycles. The van der Waals surface area contributed by atoms with Crippen molar-refractivity contribution in [2.24, 2.45) is 5.92 Å². The highest BCUT2D eigenvalue weighted by atomic mass is 32.1. The second-order valence-electron chi connectivity index (χ2n) is 7.59. The Morgan fingerprint density at radius 1 is 1.21 bits per heavy atom. The van der Waals surface area contributed by atoms with Crippen LogP contribution in [0.2, 0.25) is 0 Å². The van der Waals surface area contributed by atoms with Crippen LogP contribution in [0.4, 0.5) is 4.39 Å². The van der Waals surface area contributed by atoms with Gasteiger partial charge in [0.05, 0.1) is 24.4 Å². The first-order valence-electron chi connectivity index (χ1n) is 9.96. The van der Waals surface area contributed by atoms with Gasteiger partial charge in [-0.05, 0) is 36.5 Å². The zero-order valence-electron chi connectivity index (χ0n) is 16.0. The van der Waals surface area contributed by atoms with Gasteiger partial charge >= 0.3 is 0 Å². The summed E-state index contributed by atoms with van der Waals surface area (Å²) < 4.78 is 18.5. The maximum absolute atomic E-state index is 13.0. The van der Waals surface area contributed by atoms with Gasteiger partial charge in [0.1, 0.15) is 10.7 Å². The van der Waals surface area contributed by atoms with Crippen molar-refractivity contribution < 1.29 is 13.9 Å². The minimum Gasteiger partial charge on any atom is -0.379 e. The number of carbonyl (C=O) groups is 1. The molecule has 1 amide bonds. The van der Waals surface area contributed by atoms with Crippen molar-refractivity contribution in [3.8, 4) is 0 Å². The number of rotatable bonds is 5. The van der Waals surface area contributed by atoms with Gasteiger partial charge in [0.25, 0.3) is 5.91 Å². The van der Waals surface area contributed by atoms with E-state index in [1.807, 2.05) is 4.90 Å². The predicted octanol–water partition coefficient (Wildman–Crippen LogP) is 3.06. The Balaban J connectivity index is 1.34. The van der Waals surface area contributed by atoms with E-state index in [4.69, 9.17) is 4.74 Å². The number of morpholine rings is 1. The van der Waals surface area contributed by atoms with E-state index in [2.05, 4.69) is 9.88 Å². The number of halogens is 1. The van der Waals surface area contributed by atoms with Crippen LogP contribution < -0.4 is 0 Å². The van der Waals surface area contributed by atoms with Gasteiger partial charge in [-0.1, -0.05) is 12.1 Å². The van der Waals surface area contributed by atoms with Crippen molar-refractivity contribution >= 4 is 17.2 Å². The van der Waals surface area contributed by atoms with Crippen molar-refractivity contribution in [3.05, 3.63) is 51.7 Å². The summed E-state index contributed by atoms with van der Waals surface area (Å²) in [6.45, 7) is 6.30. The molecule has 2 fully saturated rings. The molecule has 3 heterocycles. The lowest BCUT2D eigenvalue weighted by atomic mass is 9.97. The second kappa shape index (κ2) is 9.11. The molecular weight excluding hydrogens is 377 g/mol. The lowest BCUT2D eigenvalue weighted by Crippen LogP contribution is -2.46. The Kier molecular flexibility index (Phi) is 6.34. The van der Waals surface area contributed by atoms with E-state index in [0.29, 0.717) is 17.2 Å². The zero-order chi connectivity index (χ0) is 19.3. The smallest absolute Gasteiger partial charge is 0.265 e. The van der Waals surface area contributed by atoms with Crippen molar-refractivity contribution in [2.45, 2.75) is 19.3 Å². The number of thiazole rings is 1. The molecule has 1 aromatic carbocycles. The molecule has 7 heteroatoms. The zero-order valence-corrected chi connectivity index (χ0v) is 16.8. The number of benzene rings is 1. The van der Waals surface area contributed by atoms with Gasteiger partial charge in [0.2, 0.25) is 0 Å². The topological polar surface area (TPSA) is 45.7 Å². The van der Waals surface area contributed by atoms with Gasteiger partial charge in [0.15, 0.2) is 0 Å². The summed E-state index contributed by atoms with van der Waals surface area (Å²) in [4.78, 5) is 22.5. The van der Waals surface area contributed by atoms with Gasteiger partial charge in [-0.25, -0.2) is 9.37 Å². The Morgan fingerprint density at radius 3 is 2.79 bits per heavy atom. The molecule has 2 aliphatic heterocycles. The molecule has 0 aliphatic carbocycles. The number of ether oxygens (including phenoxy) is 1. The third-order valence-corrected chi connectivity index (χ3v) is 6.44. The Hall–Kier alpha value is -1.83. The molecule has 4 rings (SSSR count). The number of aromatic nitrogens is 1. The molecular formula is C21H26FN3O2S. The van der Waals surface area contributed by atoms with E-state index in [1.165, 1.54) is 29.9 Å². The molecule has 2 aromatic rings. The lowest BCUT2D eigenvalue weighted by Gasteiger charge is -2.36. The maximum atomic E-state index is 13.0. The minimum absolute atomic E-state index is 0.0922. The van der Waals surface area contributed by atoms with Crippen molar-refractivity contribution in [1.82, 2.24) is 14.8 Å². The second-order valence-corrected chi connectivity index (χ2v) is 8.71. The number of piperidine rings is 1. The monoisotopic (exact) mass is 403 g/mol. The van der Waals surface area contributed by atoms with Crippen LogP contribution >= 0.6 is 11.3 Å². The first kappa shape index (κ1) is 19.5. The summed E-state index contributed by atoms with van der Waals surface area (Å²) >= 11 is 1.45. The summed E-state index contributed by atoms with van der Waals surface area (Å²) in [5, 5.41) is 0.886. The van der Waals surface area contributed by atoms with Crippen LogP contribution in [0.25, 0.3) is 0 Å². The number of hydrogen-bond acceptors (Lipinski definition) is 5. The summed E-state index contributed by atoms with van der Waals surface area (Å²) in [5.41, 5.74) is 0.998. The molecule has 0 bridgehead atoms. The maximum Gasteiger partial charge on any atom is 0.265 e. The number of hydrogen-bond donors (Lipinski definition) is 0. The van der Waals surface area contributed by atoms with Crippen molar-refractivity contribution in [1.29, 1.82) is 0 Å². The van der Waals surface area contributed by atoms with Crippen LogP contribution in [0.5, 0.6) is 0 Å². The molecule has 28 heavy (non-hydrogen) atoms. The predicted molar refractivity (Wildman–Crippen MR) is 107 cm³/mol. The Morgan fingerprint density at radius 2 is 2.00 bits per heavy atom. The van der Waals surface area contributed by atoms with Crippen molar-refractivity contribution in [2.75, 3.05) is 45.9 Å². The third-order valence-electron chi connectivity index (χ3n) is 5.46. The van der Waals surface area contributed by atoms with Gasteiger partial charge in [0, 0.05) is 39.1 Å². The molecule has 2 aliphatic rings. The van der Waals surface area contributed by atoms with Gasteiger partial charge in [-0.3, -0.25) is 9.69 Å². The Labute approximate surface area is 169 Å². The van der Waals surface area contributed by atoms with E-state index in [1.54, 1.807) is 18.3 Å². The van der Waals surface area contributed by atoms with Crippen LogP contribution in [-0.4, -0.2) is 66.6 Å². The molecule has 0 radical (unpaired) electrons. The van der Waals surface area contributed by atoms with Crippen LogP contribution in [0.3, 0.4) is 0 Å². The SMILES string of the molecule is O=C(c1cnc(Cc2ccc(F)cc2)s1)N1CCCC(CN2CCOCC2)C1. The number of likely N-dealkylation sites (tertiary alicyclic amines) is 1. The fourth-order valence-corrected chi connectivity index (χ4v) is 4.89. The highest BCUT2D eigenvalue weighted by Gasteiger charge is 2.27. The number of nitrogens with zero attached hydrogens (tertiary/aromatic N) is 3. The molecule has 150 valence electrons. The van der Waals surface area contributed by atoms with Crippen LogP contribution in [0.1, 0.15) is 33.1 Å². The number of amides is 1. The summed E-state index contributed by atoms with van der Waals surface area (Å²) in [6, 6.07) is 6.44. The minimum atomic E-state index is -0.240. The normalized spacial score (nSPS) is 21.0.